The molecule has 0 unspecified atom stereocenters. The first-order valence-electron chi connectivity index (χ1n) is 9.23. The Labute approximate surface area is 179 Å². The first kappa shape index (κ1) is 22.2. The van der Waals surface area contributed by atoms with E-state index in [2.05, 4.69) is 29.4 Å². The molecule has 0 bridgehead atoms. The van der Waals surface area contributed by atoms with Crippen LogP contribution in [-0.4, -0.2) is 60.9 Å². The molecular weight excluding hydrogens is 432 g/mol. The summed E-state index contributed by atoms with van der Waals surface area (Å²) in [5.41, 5.74) is 0.852. The van der Waals surface area contributed by atoms with Crippen LogP contribution < -0.4 is 5.32 Å². The number of benzene rings is 1. The summed E-state index contributed by atoms with van der Waals surface area (Å²) in [5, 5.41) is 11.2. The van der Waals surface area contributed by atoms with Gasteiger partial charge >= 0.3 is 0 Å². The zero-order valence-corrected chi connectivity index (χ0v) is 19.0. The Bertz CT molecular complexity index is 969. The van der Waals surface area contributed by atoms with Crippen molar-refractivity contribution < 1.29 is 17.9 Å². The predicted octanol–water partition coefficient (Wildman–Crippen LogP) is 2.87. The summed E-state index contributed by atoms with van der Waals surface area (Å²) in [6.07, 6.45) is 0. The van der Waals surface area contributed by atoms with Crippen LogP contribution >= 0.6 is 23.1 Å². The summed E-state index contributed by atoms with van der Waals surface area (Å²) < 4.78 is 33.4. The largest absolute Gasteiger partial charge is 0.379 e. The average molecular weight is 457 g/mol. The maximum absolute atomic E-state index is 13.0. The molecule has 2 aromatic rings. The van der Waals surface area contributed by atoms with Crippen molar-refractivity contribution >= 4 is 44.2 Å². The quantitative estimate of drug-likeness (QED) is 0.505. The van der Waals surface area contributed by atoms with Crippen molar-refractivity contribution in [2.24, 2.45) is 5.92 Å². The molecule has 1 aromatic heterocycles. The first-order valence-corrected chi connectivity index (χ1v) is 12.5. The minimum atomic E-state index is -3.69. The number of amides is 1. The van der Waals surface area contributed by atoms with Crippen LogP contribution in [0.4, 0.5) is 5.13 Å². The number of ether oxygens (including phenoxy) is 1. The van der Waals surface area contributed by atoms with Crippen LogP contribution in [0, 0.1) is 12.8 Å². The minimum Gasteiger partial charge on any atom is -0.379 e. The van der Waals surface area contributed by atoms with Crippen LogP contribution in [0.15, 0.2) is 27.4 Å². The van der Waals surface area contributed by atoms with Gasteiger partial charge < -0.3 is 4.74 Å². The van der Waals surface area contributed by atoms with Gasteiger partial charge in [-0.15, -0.1) is 10.2 Å². The summed E-state index contributed by atoms with van der Waals surface area (Å²) in [6.45, 7) is 7.31. The highest BCUT2D eigenvalue weighted by Gasteiger charge is 2.28. The monoisotopic (exact) mass is 456 g/mol. The van der Waals surface area contributed by atoms with Crippen molar-refractivity contribution in [1.82, 2.24) is 14.5 Å². The Kier molecular flexibility index (Phi) is 7.28. The molecule has 29 heavy (non-hydrogen) atoms. The fourth-order valence-electron chi connectivity index (χ4n) is 2.67. The van der Waals surface area contributed by atoms with Gasteiger partial charge in [0.15, 0.2) is 4.34 Å². The van der Waals surface area contributed by atoms with Gasteiger partial charge in [0.05, 0.1) is 18.1 Å². The number of sulfonamides is 1. The molecule has 11 heteroatoms. The van der Waals surface area contributed by atoms with Crippen molar-refractivity contribution in [2.45, 2.75) is 30.0 Å². The molecule has 0 atom stereocenters. The topological polar surface area (TPSA) is 101 Å². The number of hydrogen-bond donors (Lipinski definition) is 1. The lowest BCUT2D eigenvalue weighted by atomic mass is 10.1. The Hall–Kier alpha value is -1.53. The Morgan fingerprint density at radius 1 is 1.31 bits per heavy atom. The number of anilines is 1. The van der Waals surface area contributed by atoms with E-state index in [4.69, 9.17) is 4.74 Å². The van der Waals surface area contributed by atoms with E-state index in [-0.39, 0.29) is 10.5 Å². The van der Waals surface area contributed by atoms with Gasteiger partial charge in [-0.05, 0) is 30.5 Å². The van der Waals surface area contributed by atoms with Crippen LogP contribution in [-0.2, 0) is 14.8 Å². The van der Waals surface area contributed by atoms with E-state index < -0.39 is 15.9 Å². The lowest BCUT2D eigenvalue weighted by Gasteiger charge is -2.26. The molecule has 158 valence electrons. The van der Waals surface area contributed by atoms with Gasteiger partial charge in [-0.25, -0.2) is 8.42 Å². The van der Waals surface area contributed by atoms with Crippen LogP contribution in [0.5, 0.6) is 0 Å². The highest BCUT2D eigenvalue weighted by atomic mass is 32.2. The van der Waals surface area contributed by atoms with Crippen LogP contribution in [0.3, 0.4) is 0 Å². The third kappa shape index (κ3) is 5.54. The van der Waals surface area contributed by atoms with Crippen LogP contribution in [0.25, 0.3) is 0 Å². The second-order valence-corrected chi connectivity index (χ2v) is 11.2. The number of carbonyl (C=O) groups is 1. The molecular formula is C18H24N4O4S3. The molecule has 1 aromatic carbocycles. The zero-order valence-electron chi connectivity index (χ0n) is 16.5. The van der Waals surface area contributed by atoms with Gasteiger partial charge in [-0.2, -0.15) is 4.31 Å². The van der Waals surface area contributed by atoms with Gasteiger partial charge in [0.25, 0.3) is 5.91 Å². The van der Waals surface area contributed by atoms with E-state index in [1.807, 2.05) is 0 Å². The van der Waals surface area contributed by atoms with Crippen molar-refractivity contribution in [3.8, 4) is 0 Å². The fourth-order valence-corrected chi connectivity index (χ4v) is 6.05. The number of nitrogens with one attached hydrogen (secondary N) is 1. The number of rotatable bonds is 7. The normalized spacial score (nSPS) is 15.6. The SMILES string of the molecule is Cc1ccc(C(=O)Nc2nnc(SCC(C)C)s2)cc1S(=O)(=O)N1CCOCC1. The smallest absolute Gasteiger partial charge is 0.257 e. The number of morpholine rings is 1. The lowest BCUT2D eigenvalue weighted by Crippen LogP contribution is -2.40. The minimum absolute atomic E-state index is 0.137. The molecule has 8 nitrogen and oxygen atoms in total. The second-order valence-electron chi connectivity index (χ2n) is 7.03. The molecule has 1 aliphatic rings. The number of nitrogens with zero attached hydrogens (tertiary/aromatic N) is 3. The lowest BCUT2D eigenvalue weighted by molar-refractivity contribution is 0.0730. The molecule has 1 saturated heterocycles. The molecule has 1 aliphatic heterocycles. The van der Waals surface area contributed by atoms with Crippen LogP contribution in [0.1, 0.15) is 29.8 Å². The van der Waals surface area contributed by atoms with Gasteiger partial charge in [0.2, 0.25) is 15.2 Å². The molecule has 3 rings (SSSR count). The van der Waals surface area contributed by atoms with Crippen molar-refractivity contribution in [3.63, 3.8) is 0 Å². The highest BCUT2D eigenvalue weighted by molar-refractivity contribution is 8.01. The number of hydrogen-bond acceptors (Lipinski definition) is 8. The summed E-state index contributed by atoms with van der Waals surface area (Å²) in [7, 11) is -3.69. The number of thioether (sulfide) groups is 1. The molecule has 0 saturated carbocycles. The molecule has 2 heterocycles. The molecule has 0 aliphatic carbocycles. The maximum atomic E-state index is 13.0. The van der Waals surface area contributed by atoms with E-state index in [1.165, 1.54) is 21.7 Å². The Morgan fingerprint density at radius 3 is 2.72 bits per heavy atom. The van der Waals surface area contributed by atoms with Gasteiger partial charge in [0, 0.05) is 24.4 Å². The van der Waals surface area contributed by atoms with Crippen molar-refractivity contribution in [3.05, 3.63) is 29.3 Å². The van der Waals surface area contributed by atoms with E-state index >= 15 is 0 Å². The van der Waals surface area contributed by atoms with Crippen molar-refractivity contribution in [1.29, 1.82) is 0 Å². The third-order valence-corrected chi connectivity index (χ3v) is 8.64. The molecule has 1 N–H and O–H groups in total. The van der Waals surface area contributed by atoms with Gasteiger partial charge in [-0.3, -0.25) is 10.1 Å². The summed E-state index contributed by atoms with van der Waals surface area (Å²) in [4.78, 5) is 12.8. The fraction of sp³-hybridized carbons (Fsp3) is 0.500. The van der Waals surface area contributed by atoms with Gasteiger partial charge in [-0.1, -0.05) is 43.0 Å². The standard InChI is InChI=1S/C18H24N4O4S3/c1-12(2)11-27-18-21-20-17(28-18)19-16(23)14-5-4-13(3)15(10-14)29(24,25)22-6-8-26-9-7-22/h4-5,10,12H,6-9,11H2,1-3H3,(H,19,20,23). The highest BCUT2D eigenvalue weighted by Crippen LogP contribution is 2.28. The molecule has 1 amide bonds. The summed E-state index contributed by atoms with van der Waals surface area (Å²) >= 11 is 2.90. The Morgan fingerprint density at radius 2 is 2.03 bits per heavy atom. The zero-order chi connectivity index (χ0) is 21.0. The van der Waals surface area contributed by atoms with E-state index in [0.29, 0.717) is 42.9 Å². The molecule has 1 fully saturated rings. The summed E-state index contributed by atoms with van der Waals surface area (Å²) in [6, 6.07) is 4.68. The molecule has 0 spiro atoms. The first-order chi connectivity index (χ1) is 13.8. The predicted molar refractivity (Wildman–Crippen MR) is 114 cm³/mol. The van der Waals surface area contributed by atoms with E-state index in [1.54, 1.807) is 30.8 Å². The van der Waals surface area contributed by atoms with E-state index in [0.717, 1.165) is 10.1 Å². The average Bonchev–Trinajstić information content (AvgIpc) is 3.14. The number of aromatic nitrogens is 2. The maximum Gasteiger partial charge on any atom is 0.257 e. The van der Waals surface area contributed by atoms with E-state index in [9.17, 15) is 13.2 Å². The number of carbonyl (C=O) groups excluding carboxylic acids is 1. The van der Waals surface area contributed by atoms with Crippen LogP contribution in [0.2, 0.25) is 0 Å². The van der Waals surface area contributed by atoms with Gasteiger partial charge in [0.1, 0.15) is 0 Å². The second kappa shape index (κ2) is 9.52. The van der Waals surface area contributed by atoms with Crippen molar-refractivity contribution in [2.75, 3.05) is 37.4 Å². The summed E-state index contributed by atoms with van der Waals surface area (Å²) in [5.74, 6) is 1.03. The molecule has 0 radical (unpaired) electrons. The third-order valence-electron chi connectivity index (χ3n) is 4.21. The Balaban J connectivity index is 1.76. The number of aryl methyl sites for hydroxylation is 1.